The van der Waals surface area contributed by atoms with Crippen LogP contribution in [-0.2, 0) is 14.4 Å². The van der Waals surface area contributed by atoms with Gasteiger partial charge in [0.2, 0.25) is 5.91 Å². The van der Waals surface area contributed by atoms with Gasteiger partial charge in [0.1, 0.15) is 6.04 Å². The molecular formula is C12H22N2O5. The van der Waals surface area contributed by atoms with E-state index in [4.69, 9.17) is 10.2 Å². The second-order valence-electron chi connectivity index (χ2n) is 4.81. The normalized spacial score (nSPS) is 12.8. The van der Waals surface area contributed by atoms with Gasteiger partial charge in [0, 0.05) is 6.42 Å². The minimum atomic E-state index is -1.16. The molecule has 7 nitrogen and oxygen atoms in total. The Kier molecular flexibility index (Phi) is 7.06. The van der Waals surface area contributed by atoms with E-state index in [9.17, 15) is 14.4 Å². The molecule has 0 fully saturated rings. The highest BCUT2D eigenvalue weighted by Gasteiger charge is 2.30. The molecule has 0 rings (SSSR count). The molecule has 0 aliphatic heterocycles. The van der Waals surface area contributed by atoms with E-state index in [0.29, 0.717) is 6.54 Å². The van der Waals surface area contributed by atoms with Gasteiger partial charge < -0.3 is 20.8 Å². The van der Waals surface area contributed by atoms with Crippen molar-refractivity contribution in [3.05, 3.63) is 0 Å². The third kappa shape index (κ3) is 6.76. The van der Waals surface area contributed by atoms with Crippen molar-refractivity contribution in [2.75, 3.05) is 6.54 Å². The molecule has 0 saturated heterocycles. The summed E-state index contributed by atoms with van der Waals surface area (Å²) in [6, 6.07) is -1.07. The van der Waals surface area contributed by atoms with Gasteiger partial charge in [-0.3, -0.25) is 9.59 Å². The Morgan fingerprint density at radius 3 is 2.21 bits per heavy atom. The van der Waals surface area contributed by atoms with Crippen molar-refractivity contribution >= 4 is 17.8 Å². The lowest BCUT2D eigenvalue weighted by molar-refractivity contribution is -0.143. The molecular weight excluding hydrogens is 252 g/mol. The number of carbonyl (C=O) groups is 3. The SMILES string of the molecule is CCNC(C)(C)C(=O)N[C@H](CCCC(=O)O)C(=O)O. The fraction of sp³-hybridized carbons (Fsp3) is 0.750. The first-order chi connectivity index (χ1) is 8.70. The second kappa shape index (κ2) is 7.73. The molecule has 1 amide bonds. The number of hydrogen-bond donors (Lipinski definition) is 4. The zero-order chi connectivity index (χ0) is 15.1. The maximum Gasteiger partial charge on any atom is 0.326 e. The third-order valence-corrected chi connectivity index (χ3v) is 2.67. The number of carboxylic acids is 2. The number of carboxylic acid groups (broad SMARTS) is 2. The van der Waals surface area contributed by atoms with Gasteiger partial charge in [0.15, 0.2) is 0 Å². The van der Waals surface area contributed by atoms with Crippen LogP contribution in [0.25, 0.3) is 0 Å². The molecule has 19 heavy (non-hydrogen) atoms. The van der Waals surface area contributed by atoms with Crippen molar-refractivity contribution in [1.29, 1.82) is 0 Å². The van der Waals surface area contributed by atoms with Gasteiger partial charge in [-0.05, 0) is 33.2 Å². The maximum atomic E-state index is 11.9. The van der Waals surface area contributed by atoms with Crippen LogP contribution < -0.4 is 10.6 Å². The van der Waals surface area contributed by atoms with Crippen molar-refractivity contribution < 1.29 is 24.6 Å². The lowest BCUT2D eigenvalue weighted by atomic mass is 10.0. The molecule has 0 aliphatic carbocycles. The number of hydrogen-bond acceptors (Lipinski definition) is 4. The Bertz CT molecular complexity index is 341. The standard InChI is InChI=1S/C12H22N2O5/c1-4-13-12(2,3)11(19)14-8(10(17)18)6-5-7-9(15)16/h8,13H,4-7H2,1-3H3,(H,14,19)(H,15,16)(H,17,18)/t8-/m1/s1. The van der Waals surface area contributed by atoms with Crippen molar-refractivity contribution in [3.63, 3.8) is 0 Å². The molecule has 0 spiro atoms. The monoisotopic (exact) mass is 274 g/mol. The summed E-state index contributed by atoms with van der Waals surface area (Å²) in [7, 11) is 0. The Morgan fingerprint density at radius 2 is 1.79 bits per heavy atom. The van der Waals surface area contributed by atoms with Crippen LogP contribution in [0.2, 0.25) is 0 Å². The molecule has 0 aromatic rings. The molecule has 1 atom stereocenters. The quantitative estimate of drug-likeness (QED) is 0.477. The van der Waals surface area contributed by atoms with Gasteiger partial charge in [-0.25, -0.2) is 4.79 Å². The molecule has 0 aromatic carbocycles. The summed E-state index contributed by atoms with van der Waals surface area (Å²) in [5.74, 6) is -2.56. The minimum absolute atomic E-state index is 0.0928. The number of aliphatic carboxylic acids is 2. The van der Waals surface area contributed by atoms with E-state index in [-0.39, 0.29) is 19.3 Å². The Morgan fingerprint density at radius 1 is 1.21 bits per heavy atom. The number of amides is 1. The van der Waals surface area contributed by atoms with E-state index in [2.05, 4.69) is 10.6 Å². The van der Waals surface area contributed by atoms with Crippen molar-refractivity contribution in [1.82, 2.24) is 10.6 Å². The molecule has 7 heteroatoms. The van der Waals surface area contributed by atoms with Crippen LogP contribution in [0.5, 0.6) is 0 Å². The highest BCUT2D eigenvalue weighted by Crippen LogP contribution is 2.06. The van der Waals surface area contributed by atoms with E-state index in [0.717, 1.165) is 0 Å². The Hall–Kier alpha value is -1.63. The summed E-state index contributed by atoms with van der Waals surface area (Å²) in [6.45, 7) is 5.73. The van der Waals surface area contributed by atoms with Crippen molar-refractivity contribution in [3.8, 4) is 0 Å². The van der Waals surface area contributed by atoms with Gasteiger partial charge in [-0.15, -0.1) is 0 Å². The smallest absolute Gasteiger partial charge is 0.326 e. The molecule has 0 unspecified atom stereocenters. The van der Waals surface area contributed by atoms with Gasteiger partial charge in [0.25, 0.3) is 0 Å². The maximum absolute atomic E-state index is 11.9. The highest BCUT2D eigenvalue weighted by molar-refractivity contribution is 5.89. The first kappa shape index (κ1) is 17.4. The topological polar surface area (TPSA) is 116 Å². The number of carbonyl (C=O) groups excluding carboxylic acids is 1. The number of likely N-dealkylation sites (N-methyl/N-ethyl adjacent to an activating group) is 1. The average molecular weight is 274 g/mol. The van der Waals surface area contributed by atoms with E-state index >= 15 is 0 Å². The van der Waals surface area contributed by atoms with Crippen LogP contribution >= 0.6 is 0 Å². The van der Waals surface area contributed by atoms with Crippen LogP contribution in [-0.4, -0.2) is 46.2 Å². The fourth-order valence-electron chi connectivity index (χ4n) is 1.58. The van der Waals surface area contributed by atoms with E-state index < -0.39 is 29.4 Å². The zero-order valence-electron chi connectivity index (χ0n) is 11.5. The summed E-state index contributed by atoms with van der Waals surface area (Å²) in [5.41, 5.74) is -0.866. The molecule has 0 heterocycles. The van der Waals surface area contributed by atoms with Gasteiger partial charge in [-0.1, -0.05) is 6.92 Å². The van der Waals surface area contributed by atoms with Gasteiger partial charge >= 0.3 is 11.9 Å². The van der Waals surface area contributed by atoms with Crippen LogP contribution in [0, 0.1) is 0 Å². The highest BCUT2D eigenvalue weighted by atomic mass is 16.4. The minimum Gasteiger partial charge on any atom is -0.481 e. The van der Waals surface area contributed by atoms with Gasteiger partial charge in [-0.2, -0.15) is 0 Å². The lowest BCUT2D eigenvalue weighted by Crippen LogP contribution is -2.56. The van der Waals surface area contributed by atoms with Crippen molar-refractivity contribution in [2.45, 2.75) is 51.6 Å². The molecule has 0 radical (unpaired) electrons. The van der Waals surface area contributed by atoms with Crippen LogP contribution in [0.15, 0.2) is 0 Å². The predicted octanol–water partition coefficient (Wildman–Crippen LogP) is 0.199. The molecule has 4 N–H and O–H groups in total. The second-order valence-corrected chi connectivity index (χ2v) is 4.81. The van der Waals surface area contributed by atoms with Gasteiger partial charge in [0.05, 0.1) is 5.54 Å². The van der Waals surface area contributed by atoms with Crippen molar-refractivity contribution in [2.24, 2.45) is 0 Å². The fourth-order valence-corrected chi connectivity index (χ4v) is 1.58. The van der Waals surface area contributed by atoms with Crippen LogP contribution in [0.3, 0.4) is 0 Å². The summed E-state index contributed by atoms with van der Waals surface area (Å²) in [4.78, 5) is 33.3. The summed E-state index contributed by atoms with van der Waals surface area (Å²) in [5, 5.41) is 22.9. The zero-order valence-corrected chi connectivity index (χ0v) is 11.5. The lowest BCUT2D eigenvalue weighted by Gasteiger charge is -2.26. The first-order valence-corrected chi connectivity index (χ1v) is 6.21. The summed E-state index contributed by atoms with van der Waals surface area (Å²) >= 11 is 0. The third-order valence-electron chi connectivity index (χ3n) is 2.67. The van der Waals surface area contributed by atoms with E-state index in [1.165, 1.54) is 0 Å². The molecule has 0 bridgehead atoms. The molecule has 0 aromatic heterocycles. The predicted molar refractivity (Wildman–Crippen MR) is 68.8 cm³/mol. The van der Waals surface area contributed by atoms with Crippen LogP contribution in [0.4, 0.5) is 0 Å². The summed E-state index contributed by atoms with van der Waals surface area (Å²) in [6.07, 6.45) is 0.181. The number of nitrogens with one attached hydrogen (secondary N) is 2. The molecule has 110 valence electrons. The largest absolute Gasteiger partial charge is 0.481 e. The average Bonchev–Trinajstić information content (AvgIpc) is 2.26. The number of rotatable bonds is 9. The van der Waals surface area contributed by atoms with E-state index in [1.807, 2.05) is 6.92 Å². The molecule has 0 saturated carbocycles. The summed E-state index contributed by atoms with van der Waals surface area (Å²) < 4.78 is 0. The Balaban J connectivity index is 4.46. The first-order valence-electron chi connectivity index (χ1n) is 6.21. The van der Waals surface area contributed by atoms with Crippen LogP contribution in [0.1, 0.15) is 40.0 Å². The Labute approximate surface area is 112 Å². The molecule has 0 aliphatic rings. The van der Waals surface area contributed by atoms with E-state index in [1.54, 1.807) is 13.8 Å².